The van der Waals surface area contributed by atoms with Crippen LogP contribution >= 0.6 is 0 Å². The van der Waals surface area contributed by atoms with Crippen molar-refractivity contribution in [2.45, 2.75) is 13.5 Å². The van der Waals surface area contributed by atoms with Gasteiger partial charge >= 0.3 is 0 Å². The van der Waals surface area contributed by atoms with E-state index in [1.807, 2.05) is 30.3 Å². The highest BCUT2D eigenvalue weighted by Gasteiger charge is 2.13. The molecule has 0 aliphatic heterocycles. The fraction of sp³-hybridized carbons (Fsp3) is 0.111. The second-order valence-electron chi connectivity index (χ2n) is 5.50. The Morgan fingerprint density at radius 3 is 2.76 bits per heavy atom. The van der Waals surface area contributed by atoms with Gasteiger partial charge in [-0.15, -0.1) is 10.2 Å². The van der Waals surface area contributed by atoms with E-state index in [0.717, 1.165) is 28.6 Å². The molecule has 7 heteroatoms. The number of hydrogen-bond acceptors (Lipinski definition) is 6. The maximum absolute atomic E-state index is 9.73. The average Bonchev–Trinajstić information content (AvgIpc) is 2.96. The van der Waals surface area contributed by atoms with Crippen molar-refractivity contribution in [1.82, 2.24) is 19.7 Å². The van der Waals surface area contributed by atoms with Crippen molar-refractivity contribution < 1.29 is 5.11 Å². The first kappa shape index (κ1) is 15.1. The Labute approximate surface area is 143 Å². The minimum Gasteiger partial charge on any atom is -0.507 e. The van der Waals surface area contributed by atoms with Crippen molar-refractivity contribution in [3.05, 3.63) is 54.1 Å². The summed E-state index contributed by atoms with van der Waals surface area (Å²) in [7, 11) is 0. The number of fused-ring (bicyclic) bond motifs is 3. The Morgan fingerprint density at radius 1 is 1.12 bits per heavy atom. The highest BCUT2D eigenvalue weighted by atomic mass is 16.3. The second-order valence-corrected chi connectivity index (χ2v) is 5.50. The van der Waals surface area contributed by atoms with Gasteiger partial charge in [-0.3, -0.25) is 0 Å². The summed E-state index contributed by atoms with van der Waals surface area (Å²) in [5, 5.41) is 23.2. The van der Waals surface area contributed by atoms with Crippen LogP contribution in [-0.2, 0) is 6.54 Å². The van der Waals surface area contributed by atoms with E-state index in [9.17, 15) is 5.11 Å². The fourth-order valence-corrected chi connectivity index (χ4v) is 2.83. The normalized spacial score (nSPS) is 11.6. The molecule has 0 saturated heterocycles. The molecule has 2 aromatic carbocycles. The van der Waals surface area contributed by atoms with Crippen LogP contribution in [0.25, 0.3) is 22.1 Å². The Balaban J connectivity index is 1.69. The third-order valence-electron chi connectivity index (χ3n) is 4.00. The Bertz CT molecular complexity index is 1090. The number of nitrogens with zero attached hydrogens (tertiary/aromatic N) is 5. The van der Waals surface area contributed by atoms with Crippen LogP contribution in [0.2, 0.25) is 0 Å². The molecule has 0 fully saturated rings. The molecule has 25 heavy (non-hydrogen) atoms. The van der Waals surface area contributed by atoms with Crippen LogP contribution in [0.3, 0.4) is 0 Å². The summed E-state index contributed by atoms with van der Waals surface area (Å²) >= 11 is 0. The maximum Gasteiger partial charge on any atom is 0.265 e. The van der Waals surface area contributed by atoms with Crippen molar-refractivity contribution >= 4 is 34.2 Å². The molecule has 0 unspecified atom stereocenters. The minimum atomic E-state index is 0.161. The van der Waals surface area contributed by atoms with Crippen LogP contribution in [-0.4, -0.2) is 31.1 Å². The number of aryl methyl sites for hydroxylation is 1. The van der Waals surface area contributed by atoms with E-state index in [-0.39, 0.29) is 5.75 Å². The lowest BCUT2D eigenvalue weighted by molar-refractivity contribution is 0.474. The lowest BCUT2D eigenvalue weighted by atomic mass is 10.2. The predicted molar refractivity (Wildman–Crippen MR) is 97.8 cm³/mol. The van der Waals surface area contributed by atoms with Crippen LogP contribution in [0.4, 0.5) is 5.95 Å². The molecule has 2 N–H and O–H groups in total. The monoisotopic (exact) mass is 332 g/mol. The molecular formula is C18H16N6O. The van der Waals surface area contributed by atoms with E-state index in [0.29, 0.717) is 11.5 Å². The SMILES string of the molecule is CCn1c2ccccc2c2nnc(N/N=C/c3ccccc3O)nc21. The molecule has 0 spiro atoms. The van der Waals surface area contributed by atoms with E-state index >= 15 is 0 Å². The van der Waals surface area contributed by atoms with E-state index in [1.54, 1.807) is 18.2 Å². The van der Waals surface area contributed by atoms with Gasteiger partial charge in [0.2, 0.25) is 0 Å². The van der Waals surface area contributed by atoms with Gasteiger partial charge in [0, 0.05) is 17.5 Å². The largest absolute Gasteiger partial charge is 0.507 e. The van der Waals surface area contributed by atoms with Crippen LogP contribution in [0.5, 0.6) is 5.75 Å². The first-order chi connectivity index (χ1) is 12.3. The van der Waals surface area contributed by atoms with Crippen LogP contribution in [0.15, 0.2) is 53.6 Å². The van der Waals surface area contributed by atoms with Gasteiger partial charge in [-0.1, -0.05) is 30.3 Å². The van der Waals surface area contributed by atoms with Gasteiger partial charge in [-0.2, -0.15) is 10.1 Å². The van der Waals surface area contributed by atoms with Gasteiger partial charge in [0.25, 0.3) is 5.95 Å². The zero-order valence-electron chi connectivity index (χ0n) is 13.6. The zero-order chi connectivity index (χ0) is 17.2. The van der Waals surface area contributed by atoms with E-state index in [4.69, 9.17) is 0 Å². The van der Waals surface area contributed by atoms with Gasteiger partial charge in [0.15, 0.2) is 5.65 Å². The molecule has 0 radical (unpaired) electrons. The van der Waals surface area contributed by atoms with E-state index < -0.39 is 0 Å². The molecule has 0 aliphatic carbocycles. The number of phenolic OH excluding ortho intramolecular Hbond substituents is 1. The summed E-state index contributed by atoms with van der Waals surface area (Å²) in [6, 6.07) is 15.0. The topological polar surface area (TPSA) is 88.2 Å². The summed E-state index contributed by atoms with van der Waals surface area (Å²) in [5.74, 6) is 0.463. The number of hydrogen-bond donors (Lipinski definition) is 2. The Hall–Kier alpha value is -3.48. The van der Waals surface area contributed by atoms with Crippen LogP contribution < -0.4 is 5.43 Å². The molecule has 7 nitrogen and oxygen atoms in total. The number of aromatic nitrogens is 4. The highest BCUT2D eigenvalue weighted by Crippen LogP contribution is 2.26. The zero-order valence-corrected chi connectivity index (χ0v) is 13.6. The molecule has 0 saturated carbocycles. The van der Waals surface area contributed by atoms with Crippen molar-refractivity contribution in [2.24, 2.45) is 5.10 Å². The first-order valence-electron chi connectivity index (χ1n) is 7.96. The van der Waals surface area contributed by atoms with Crippen molar-refractivity contribution in [2.75, 3.05) is 5.43 Å². The Morgan fingerprint density at radius 2 is 1.92 bits per heavy atom. The third kappa shape index (κ3) is 2.65. The Kier molecular flexibility index (Phi) is 3.74. The quantitative estimate of drug-likeness (QED) is 0.443. The van der Waals surface area contributed by atoms with Gasteiger partial charge in [-0.05, 0) is 25.1 Å². The summed E-state index contributed by atoms with van der Waals surface area (Å²) < 4.78 is 2.09. The number of phenols is 1. The number of aromatic hydroxyl groups is 1. The summed E-state index contributed by atoms with van der Waals surface area (Å²) in [6.07, 6.45) is 1.51. The fourth-order valence-electron chi connectivity index (χ4n) is 2.83. The van der Waals surface area contributed by atoms with E-state index in [2.05, 4.69) is 37.2 Å². The molecule has 0 atom stereocenters. The number of benzene rings is 2. The average molecular weight is 332 g/mol. The van der Waals surface area contributed by atoms with E-state index in [1.165, 1.54) is 6.21 Å². The molecule has 4 aromatic rings. The predicted octanol–water partition coefficient (Wildman–Crippen LogP) is 3.15. The first-order valence-corrected chi connectivity index (χ1v) is 7.96. The van der Waals surface area contributed by atoms with Gasteiger partial charge < -0.3 is 9.67 Å². The van der Waals surface area contributed by atoms with Gasteiger partial charge in [0.05, 0.1) is 11.7 Å². The number of nitrogens with one attached hydrogen (secondary N) is 1. The molecule has 4 rings (SSSR count). The highest BCUT2D eigenvalue weighted by molar-refractivity contribution is 6.04. The molecule has 0 amide bonds. The van der Waals surface area contributed by atoms with Crippen LogP contribution in [0, 0.1) is 0 Å². The standard InChI is InChI=1S/C18H16N6O/c1-2-24-14-9-5-4-8-13(14)16-17(24)20-18(23-21-16)22-19-11-12-7-3-6-10-15(12)25/h3-11,25H,2H2,1H3,(H,20,22,23)/b19-11+. The molecule has 0 aliphatic rings. The molecule has 124 valence electrons. The van der Waals surface area contributed by atoms with Gasteiger partial charge in [0.1, 0.15) is 11.3 Å². The summed E-state index contributed by atoms with van der Waals surface area (Å²) in [4.78, 5) is 4.54. The van der Waals surface area contributed by atoms with Crippen molar-refractivity contribution in [1.29, 1.82) is 0 Å². The number of anilines is 1. The number of para-hydroxylation sites is 2. The lowest BCUT2D eigenvalue weighted by Gasteiger charge is -2.02. The molecular weight excluding hydrogens is 316 g/mol. The van der Waals surface area contributed by atoms with Crippen molar-refractivity contribution in [3.8, 4) is 5.75 Å². The maximum atomic E-state index is 9.73. The number of hydrazone groups is 1. The minimum absolute atomic E-state index is 0.161. The van der Waals surface area contributed by atoms with Crippen molar-refractivity contribution in [3.63, 3.8) is 0 Å². The van der Waals surface area contributed by atoms with Gasteiger partial charge in [-0.25, -0.2) is 5.43 Å². The molecule has 2 heterocycles. The summed E-state index contributed by atoms with van der Waals surface area (Å²) in [6.45, 7) is 2.85. The number of rotatable bonds is 4. The smallest absolute Gasteiger partial charge is 0.265 e. The van der Waals surface area contributed by atoms with Crippen LogP contribution in [0.1, 0.15) is 12.5 Å². The molecule has 2 aromatic heterocycles. The summed E-state index contributed by atoms with van der Waals surface area (Å²) in [5.41, 5.74) is 5.99. The lowest BCUT2D eigenvalue weighted by Crippen LogP contribution is -2.02. The third-order valence-corrected chi connectivity index (χ3v) is 4.00. The molecule has 0 bridgehead atoms. The second kappa shape index (κ2) is 6.20.